The van der Waals surface area contributed by atoms with E-state index in [9.17, 15) is 9.59 Å². The summed E-state index contributed by atoms with van der Waals surface area (Å²) in [5.41, 5.74) is 4.85. The Morgan fingerprint density at radius 1 is 1.10 bits per heavy atom. The van der Waals surface area contributed by atoms with Crippen LogP contribution in [0.5, 0.6) is 5.75 Å². The van der Waals surface area contributed by atoms with Gasteiger partial charge in [-0.25, -0.2) is 5.43 Å². The van der Waals surface area contributed by atoms with Crippen LogP contribution < -0.4 is 15.5 Å². The number of benzene rings is 2. The number of furan rings is 1. The largest absolute Gasteiger partial charge is 0.495 e. The number of fused-ring (bicyclic) bond motifs is 3. The Morgan fingerprint density at radius 2 is 1.93 bits per heavy atom. The lowest BCUT2D eigenvalue weighted by Crippen LogP contribution is -2.21. The molecular weight excluding hydrogens is 402 g/mol. The lowest BCUT2D eigenvalue weighted by molar-refractivity contribution is -0.115. The van der Waals surface area contributed by atoms with Crippen molar-refractivity contribution in [2.45, 2.75) is 13.3 Å². The maximum Gasteiger partial charge on any atom is 0.281 e. The highest BCUT2D eigenvalue weighted by molar-refractivity contribution is 7.12. The summed E-state index contributed by atoms with van der Waals surface area (Å²) in [6, 6.07) is 14.8. The minimum atomic E-state index is -0.304. The van der Waals surface area contributed by atoms with Gasteiger partial charge < -0.3 is 14.5 Å². The zero-order valence-corrected chi connectivity index (χ0v) is 17.2. The van der Waals surface area contributed by atoms with E-state index in [1.165, 1.54) is 11.3 Å². The molecule has 0 atom stereocenters. The molecule has 0 spiro atoms. The summed E-state index contributed by atoms with van der Waals surface area (Å²) in [6.45, 7) is 1.67. The van der Waals surface area contributed by atoms with Gasteiger partial charge in [0.2, 0.25) is 5.91 Å². The fraction of sp³-hybridized carbons (Fsp3) is 0.136. The number of carbonyl (C=O) groups excluding carboxylic acids is 2. The van der Waals surface area contributed by atoms with E-state index in [2.05, 4.69) is 15.8 Å². The van der Waals surface area contributed by atoms with Crippen LogP contribution in [-0.2, 0) is 4.79 Å². The Hall–Kier alpha value is -3.65. The van der Waals surface area contributed by atoms with Crippen LogP contribution in [0.1, 0.15) is 23.0 Å². The number of nitrogens with one attached hydrogen (secondary N) is 2. The van der Waals surface area contributed by atoms with Crippen molar-refractivity contribution in [1.29, 1.82) is 0 Å². The molecule has 2 amide bonds. The van der Waals surface area contributed by atoms with E-state index in [0.29, 0.717) is 27.6 Å². The number of para-hydroxylation sites is 1. The van der Waals surface area contributed by atoms with E-state index in [4.69, 9.17) is 9.15 Å². The van der Waals surface area contributed by atoms with Gasteiger partial charge in [0, 0.05) is 22.6 Å². The highest BCUT2D eigenvalue weighted by atomic mass is 32.1. The van der Waals surface area contributed by atoms with Gasteiger partial charge in [-0.1, -0.05) is 24.3 Å². The van der Waals surface area contributed by atoms with Gasteiger partial charge in [0.1, 0.15) is 16.9 Å². The lowest BCUT2D eigenvalue weighted by Gasteiger charge is -2.10. The van der Waals surface area contributed by atoms with Gasteiger partial charge in [-0.15, -0.1) is 11.3 Å². The average molecular weight is 421 g/mol. The molecule has 8 heteroatoms. The summed E-state index contributed by atoms with van der Waals surface area (Å²) in [5.74, 6) is -0.0554. The van der Waals surface area contributed by atoms with Crippen molar-refractivity contribution in [2.75, 3.05) is 12.4 Å². The lowest BCUT2D eigenvalue weighted by atomic mass is 10.1. The summed E-state index contributed by atoms with van der Waals surface area (Å²) in [7, 11) is 1.55. The predicted octanol–water partition coefficient (Wildman–Crippen LogP) is 4.79. The first-order valence-electron chi connectivity index (χ1n) is 9.21. The molecule has 2 aromatic carbocycles. The Bertz CT molecular complexity index is 1260. The molecule has 2 heterocycles. The Labute approximate surface area is 176 Å². The van der Waals surface area contributed by atoms with Crippen molar-refractivity contribution in [2.24, 2.45) is 5.10 Å². The summed E-state index contributed by atoms with van der Waals surface area (Å²) in [6.07, 6.45) is 0.0199. The second kappa shape index (κ2) is 8.38. The number of anilines is 1. The molecule has 152 valence electrons. The molecule has 0 unspecified atom stereocenters. The van der Waals surface area contributed by atoms with Crippen molar-refractivity contribution in [1.82, 2.24) is 5.43 Å². The molecule has 0 radical (unpaired) electrons. The molecule has 0 saturated heterocycles. The number of rotatable bonds is 6. The van der Waals surface area contributed by atoms with Crippen LogP contribution in [0.4, 0.5) is 5.69 Å². The van der Waals surface area contributed by atoms with Gasteiger partial charge in [0.05, 0.1) is 24.1 Å². The molecule has 2 aromatic heterocycles. The number of nitrogens with zero attached hydrogens (tertiary/aromatic N) is 1. The number of ether oxygens (including phenoxy) is 1. The second-order valence-corrected chi connectivity index (χ2v) is 7.58. The third kappa shape index (κ3) is 4.04. The van der Waals surface area contributed by atoms with Crippen LogP contribution in [0, 0.1) is 0 Å². The first kappa shape index (κ1) is 19.7. The van der Waals surface area contributed by atoms with E-state index in [0.717, 1.165) is 16.4 Å². The Balaban J connectivity index is 1.48. The Morgan fingerprint density at radius 3 is 2.70 bits per heavy atom. The summed E-state index contributed by atoms with van der Waals surface area (Å²) in [5, 5.41) is 10.5. The summed E-state index contributed by atoms with van der Waals surface area (Å²) >= 11 is 1.32. The van der Waals surface area contributed by atoms with Gasteiger partial charge in [-0.05, 0) is 30.5 Å². The zero-order valence-electron chi connectivity index (χ0n) is 16.4. The predicted molar refractivity (Wildman–Crippen MR) is 118 cm³/mol. The highest BCUT2D eigenvalue weighted by Crippen LogP contribution is 2.36. The van der Waals surface area contributed by atoms with Crippen molar-refractivity contribution in [3.63, 3.8) is 0 Å². The van der Waals surface area contributed by atoms with Crippen LogP contribution in [0.2, 0.25) is 0 Å². The van der Waals surface area contributed by atoms with Crippen LogP contribution >= 0.6 is 11.3 Å². The average Bonchev–Trinajstić information content (AvgIpc) is 3.39. The smallest absolute Gasteiger partial charge is 0.281 e. The van der Waals surface area contributed by atoms with Crippen molar-refractivity contribution in [3.8, 4) is 5.75 Å². The fourth-order valence-corrected chi connectivity index (χ4v) is 3.71. The SMILES string of the molecule is COc1cc2c(cc1NC(=O)CC(C)=NNC(=O)c1cccs1)oc1ccccc12. The van der Waals surface area contributed by atoms with Gasteiger partial charge in [0.25, 0.3) is 5.91 Å². The minimum absolute atomic E-state index is 0.0199. The zero-order chi connectivity index (χ0) is 21.1. The summed E-state index contributed by atoms with van der Waals surface area (Å²) < 4.78 is 11.3. The fourth-order valence-electron chi connectivity index (χ4n) is 3.09. The number of amides is 2. The number of hydrogen-bond acceptors (Lipinski definition) is 6. The topological polar surface area (TPSA) is 92.9 Å². The van der Waals surface area contributed by atoms with Gasteiger partial charge in [-0.2, -0.15) is 5.10 Å². The number of hydrogen-bond donors (Lipinski definition) is 2. The van der Waals surface area contributed by atoms with E-state index in [1.54, 1.807) is 32.2 Å². The normalized spacial score (nSPS) is 11.6. The van der Waals surface area contributed by atoms with Gasteiger partial charge in [-0.3, -0.25) is 9.59 Å². The minimum Gasteiger partial charge on any atom is -0.495 e. The molecule has 0 aliphatic rings. The number of thiophene rings is 1. The van der Waals surface area contributed by atoms with Crippen molar-refractivity contribution in [3.05, 3.63) is 58.8 Å². The van der Waals surface area contributed by atoms with Crippen molar-refractivity contribution < 1.29 is 18.7 Å². The molecule has 30 heavy (non-hydrogen) atoms. The molecule has 4 rings (SSSR count). The second-order valence-electron chi connectivity index (χ2n) is 6.64. The van der Waals surface area contributed by atoms with E-state index < -0.39 is 0 Å². The number of hydrazone groups is 1. The number of methoxy groups -OCH3 is 1. The van der Waals surface area contributed by atoms with Crippen LogP contribution in [0.3, 0.4) is 0 Å². The van der Waals surface area contributed by atoms with Gasteiger partial charge >= 0.3 is 0 Å². The van der Waals surface area contributed by atoms with Gasteiger partial charge in [0.15, 0.2) is 0 Å². The Kier molecular flexibility index (Phi) is 5.49. The van der Waals surface area contributed by atoms with E-state index >= 15 is 0 Å². The monoisotopic (exact) mass is 421 g/mol. The van der Waals surface area contributed by atoms with Crippen molar-refractivity contribution >= 4 is 56.5 Å². The van der Waals surface area contributed by atoms with Crippen LogP contribution in [0.25, 0.3) is 21.9 Å². The molecule has 2 N–H and O–H groups in total. The first-order chi connectivity index (χ1) is 14.5. The number of carbonyl (C=O) groups is 2. The molecule has 0 aliphatic carbocycles. The van der Waals surface area contributed by atoms with Crippen LogP contribution in [0.15, 0.2) is 63.4 Å². The quantitative estimate of drug-likeness (QED) is 0.346. The summed E-state index contributed by atoms with van der Waals surface area (Å²) in [4.78, 5) is 25.0. The highest BCUT2D eigenvalue weighted by Gasteiger charge is 2.15. The third-order valence-electron chi connectivity index (χ3n) is 4.48. The molecule has 0 fully saturated rings. The van der Waals surface area contributed by atoms with E-state index in [1.807, 2.05) is 35.7 Å². The maximum absolute atomic E-state index is 12.5. The first-order valence-corrected chi connectivity index (χ1v) is 10.1. The maximum atomic E-state index is 12.5. The van der Waals surface area contributed by atoms with E-state index in [-0.39, 0.29) is 18.2 Å². The molecule has 0 aliphatic heterocycles. The molecule has 0 bridgehead atoms. The van der Waals surface area contributed by atoms with Crippen LogP contribution in [-0.4, -0.2) is 24.6 Å². The molecule has 7 nitrogen and oxygen atoms in total. The molecule has 4 aromatic rings. The molecular formula is C22H19N3O4S. The molecule has 0 saturated carbocycles. The third-order valence-corrected chi connectivity index (χ3v) is 5.35. The standard InChI is InChI=1S/C22H19N3O4S/c1-13(24-25-22(27)20-8-5-9-30-20)10-21(26)23-16-12-18-15(11-19(16)28-2)14-6-3-4-7-17(14)29-18/h3-9,11-12H,10H2,1-2H3,(H,23,26)(H,25,27).